The van der Waals surface area contributed by atoms with Gasteiger partial charge in [0.15, 0.2) is 0 Å². The monoisotopic (exact) mass is 243 g/mol. The Morgan fingerprint density at radius 2 is 2.00 bits per heavy atom. The molecular formula is C9H17N5O3. The number of ether oxygens (including phenoxy) is 1. The number of hydrogen-bond donors (Lipinski definition) is 4. The molecule has 4 N–H and O–H groups in total. The van der Waals surface area contributed by atoms with E-state index in [9.17, 15) is 5.11 Å². The van der Waals surface area contributed by atoms with E-state index in [1.807, 2.05) is 6.92 Å². The van der Waals surface area contributed by atoms with Crippen molar-refractivity contribution in [3.05, 3.63) is 0 Å². The van der Waals surface area contributed by atoms with Crippen LogP contribution in [0.2, 0.25) is 0 Å². The first-order chi connectivity index (χ1) is 8.19. The molecule has 8 nitrogen and oxygen atoms in total. The van der Waals surface area contributed by atoms with E-state index in [4.69, 9.17) is 9.84 Å². The average molecular weight is 243 g/mol. The van der Waals surface area contributed by atoms with Crippen molar-refractivity contribution in [2.24, 2.45) is 0 Å². The molecule has 0 aliphatic rings. The molecule has 0 saturated heterocycles. The first-order valence-electron chi connectivity index (χ1n) is 5.29. The van der Waals surface area contributed by atoms with Crippen molar-refractivity contribution in [3.63, 3.8) is 0 Å². The van der Waals surface area contributed by atoms with Crippen LogP contribution in [0, 0.1) is 0 Å². The number of nitrogens with one attached hydrogen (secondary N) is 2. The van der Waals surface area contributed by atoms with E-state index < -0.39 is 6.10 Å². The zero-order valence-electron chi connectivity index (χ0n) is 9.84. The Hall–Kier alpha value is -1.67. The first kappa shape index (κ1) is 13.4. The molecule has 0 aromatic carbocycles. The zero-order valence-corrected chi connectivity index (χ0v) is 9.84. The van der Waals surface area contributed by atoms with Crippen molar-refractivity contribution >= 4 is 11.9 Å². The third-order valence-corrected chi connectivity index (χ3v) is 1.82. The lowest BCUT2D eigenvalue weighted by Crippen LogP contribution is -2.24. The van der Waals surface area contributed by atoms with Crippen LogP contribution in [0.25, 0.3) is 0 Å². The molecule has 0 fully saturated rings. The van der Waals surface area contributed by atoms with Crippen molar-refractivity contribution in [2.45, 2.75) is 13.0 Å². The SMILES string of the molecule is CCOc1nc(NC)nc(NCC(O)CO)n1. The van der Waals surface area contributed by atoms with Gasteiger partial charge in [0.05, 0.1) is 19.3 Å². The smallest absolute Gasteiger partial charge is 0.323 e. The fraction of sp³-hybridized carbons (Fsp3) is 0.667. The molecule has 0 saturated carbocycles. The first-order valence-corrected chi connectivity index (χ1v) is 5.29. The van der Waals surface area contributed by atoms with E-state index in [0.717, 1.165) is 0 Å². The summed E-state index contributed by atoms with van der Waals surface area (Å²) in [6.07, 6.45) is -0.861. The van der Waals surface area contributed by atoms with Crippen molar-refractivity contribution < 1.29 is 14.9 Å². The largest absolute Gasteiger partial charge is 0.464 e. The highest BCUT2D eigenvalue weighted by Gasteiger charge is 2.07. The Morgan fingerprint density at radius 3 is 2.59 bits per heavy atom. The van der Waals surface area contributed by atoms with E-state index in [2.05, 4.69) is 25.6 Å². The normalized spacial score (nSPS) is 12.0. The Labute approximate surface area is 99.1 Å². The average Bonchev–Trinajstić information content (AvgIpc) is 2.36. The van der Waals surface area contributed by atoms with Crippen molar-refractivity contribution in [2.75, 3.05) is 37.4 Å². The Kier molecular flexibility index (Phi) is 5.37. The maximum atomic E-state index is 9.19. The number of hydrogen-bond acceptors (Lipinski definition) is 8. The highest BCUT2D eigenvalue weighted by atomic mass is 16.5. The standard InChI is InChI=1S/C9H17N5O3/c1-3-17-9-13-7(10-2)12-8(14-9)11-4-6(16)5-15/h6,15-16H,3-5H2,1-2H3,(H2,10,11,12,13,14). The molecule has 0 radical (unpaired) electrons. The van der Waals surface area contributed by atoms with E-state index in [1.165, 1.54) is 0 Å². The summed E-state index contributed by atoms with van der Waals surface area (Å²) in [7, 11) is 1.68. The third kappa shape index (κ3) is 4.37. The van der Waals surface area contributed by atoms with Crippen LogP contribution in [0.1, 0.15) is 6.92 Å². The predicted octanol–water partition coefficient (Wildman–Crippen LogP) is -0.923. The molecule has 8 heteroatoms. The number of nitrogens with zero attached hydrogens (tertiary/aromatic N) is 3. The van der Waals surface area contributed by atoms with Gasteiger partial charge in [0, 0.05) is 13.6 Å². The molecule has 1 unspecified atom stereocenters. The van der Waals surface area contributed by atoms with Crippen LogP contribution in [0.4, 0.5) is 11.9 Å². The molecular weight excluding hydrogens is 226 g/mol. The van der Waals surface area contributed by atoms with Gasteiger partial charge >= 0.3 is 6.01 Å². The highest BCUT2D eigenvalue weighted by Crippen LogP contribution is 2.10. The van der Waals surface area contributed by atoms with Crippen LogP contribution in [0.5, 0.6) is 6.01 Å². The summed E-state index contributed by atoms with van der Waals surface area (Å²) in [5.41, 5.74) is 0. The van der Waals surface area contributed by atoms with Gasteiger partial charge in [-0.15, -0.1) is 0 Å². The van der Waals surface area contributed by atoms with Gasteiger partial charge < -0.3 is 25.6 Å². The minimum atomic E-state index is -0.861. The maximum Gasteiger partial charge on any atom is 0.323 e. The second kappa shape index (κ2) is 6.81. The molecule has 0 aliphatic heterocycles. The lowest BCUT2D eigenvalue weighted by Gasteiger charge is -2.10. The molecule has 1 heterocycles. The molecule has 1 aromatic rings. The van der Waals surface area contributed by atoms with Crippen LogP contribution in [-0.4, -0.2) is 58.1 Å². The van der Waals surface area contributed by atoms with Crippen LogP contribution in [0.3, 0.4) is 0 Å². The Bertz CT molecular complexity index is 349. The minimum absolute atomic E-state index is 0.148. The molecule has 1 aromatic heterocycles. The lowest BCUT2D eigenvalue weighted by atomic mass is 10.4. The summed E-state index contributed by atoms with van der Waals surface area (Å²) >= 11 is 0. The van der Waals surface area contributed by atoms with Gasteiger partial charge in [-0.1, -0.05) is 0 Å². The molecule has 0 aliphatic carbocycles. The lowest BCUT2D eigenvalue weighted by molar-refractivity contribution is 0.105. The second-order valence-corrected chi connectivity index (χ2v) is 3.17. The van der Waals surface area contributed by atoms with Gasteiger partial charge in [-0.05, 0) is 6.92 Å². The highest BCUT2D eigenvalue weighted by molar-refractivity contribution is 5.35. The van der Waals surface area contributed by atoms with Crippen LogP contribution in [0.15, 0.2) is 0 Å². The summed E-state index contributed by atoms with van der Waals surface area (Å²) in [6, 6.07) is 0.202. The Balaban J connectivity index is 2.72. The van der Waals surface area contributed by atoms with Gasteiger partial charge in [0.25, 0.3) is 0 Å². The van der Waals surface area contributed by atoms with E-state index in [0.29, 0.717) is 12.6 Å². The van der Waals surface area contributed by atoms with Crippen LogP contribution in [-0.2, 0) is 0 Å². The topological polar surface area (TPSA) is 112 Å². The minimum Gasteiger partial charge on any atom is -0.464 e. The van der Waals surface area contributed by atoms with Crippen molar-refractivity contribution in [3.8, 4) is 6.01 Å². The molecule has 0 spiro atoms. The van der Waals surface area contributed by atoms with Crippen molar-refractivity contribution in [1.82, 2.24) is 15.0 Å². The number of aliphatic hydroxyl groups excluding tert-OH is 2. The summed E-state index contributed by atoms with van der Waals surface area (Å²) in [5.74, 6) is 0.643. The van der Waals surface area contributed by atoms with Gasteiger partial charge in [-0.25, -0.2) is 0 Å². The predicted molar refractivity (Wildman–Crippen MR) is 62.1 cm³/mol. The van der Waals surface area contributed by atoms with Gasteiger partial charge in [0.2, 0.25) is 11.9 Å². The molecule has 0 bridgehead atoms. The Morgan fingerprint density at radius 1 is 1.29 bits per heavy atom. The van der Waals surface area contributed by atoms with Gasteiger partial charge in [-0.2, -0.15) is 15.0 Å². The number of aliphatic hydroxyl groups is 2. The molecule has 1 atom stereocenters. The summed E-state index contributed by atoms with van der Waals surface area (Å²) in [4.78, 5) is 12.0. The van der Waals surface area contributed by atoms with Crippen LogP contribution < -0.4 is 15.4 Å². The van der Waals surface area contributed by atoms with E-state index in [1.54, 1.807) is 7.05 Å². The van der Waals surface area contributed by atoms with Gasteiger partial charge in [-0.3, -0.25) is 0 Å². The van der Waals surface area contributed by atoms with Gasteiger partial charge in [0.1, 0.15) is 0 Å². The zero-order chi connectivity index (χ0) is 12.7. The number of aromatic nitrogens is 3. The summed E-state index contributed by atoms with van der Waals surface area (Å²) < 4.78 is 5.17. The summed E-state index contributed by atoms with van der Waals surface area (Å²) in [5, 5.41) is 23.4. The summed E-state index contributed by atoms with van der Waals surface area (Å²) in [6.45, 7) is 2.10. The maximum absolute atomic E-state index is 9.19. The van der Waals surface area contributed by atoms with Crippen LogP contribution >= 0.6 is 0 Å². The second-order valence-electron chi connectivity index (χ2n) is 3.17. The van der Waals surface area contributed by atoms with E-state index in [-0.39, 0.29) is 25.1 Å². The molecule has 96 valence electrons. The molecule has 1 rings (SSSR count). The van der Waals surface area contributed by atoms with E-state index >= 15 is 0 Å². The number of rotatable bonds is 7. The quantitative estimate of drug-likeness (QED) is 0.486. The molecule has 17 heavy (non-hydrogen) atoms. The van der Waals surface area contributed by atoms with Crippen molar-refractivity contribution in [1.29, 1.82) is 0 Å². The third-order valence-electron chi connectivity index (χ3n) is 1.82. The fourth-order valence-electron chi connectivity index (χ4n) is 1.01. The molecule has 0 amide bonds. The fourth-order valence-corrected chi connectivity index (χ4v) is 1.01. The number of anilines is 2.